The van der Waals surface area contributed by atoms with Crippen molar-refractivity contribution in [1.82, 2.24) is 0 Å². The zero-order chi connectivity index (χ0) is 15.7. The molecule has 5 nitrogen and oxygen atoms in total. The van der Waals surface area contributed by atoms with Gasteiger partial charge in [-0.2, -0.15) is 17.0 Å². The Balaban J connectivity index is 2.45. The molecule has 21 heavy (non-hydrogen) atoms. The largest absolute Gasteiger partial charge is 0.496 e. The Kier molecular flexibility index (Phi) is 7.65. The van der Waals surface area contributed by atoms with Crippen molar-refractivity contribution in [2.24, 2.45) is 5.73 Å². The van der Waals surface area contributed by atoms with Gasteiger partial charge in [0, 0.05) is 11.3 Å². The Morgan fingerprint density at radius 2 is 2.29 bits per heavy atom. The van der Waals surface area contributed by atoms with E-state index in [-0.39, 0.29) is 5.97 Å². The van der Waals surface area contributed by atoms with Gasteiger partial charge in [0.1, 0.15) is 11.8 Å². The van der Waals surface area contributed by atoms with Gasteiger partial charge in [0.05, 0.1) is 25.3 Å². The molecule has 0 spiro atoms. The lowest BCUT2D eigenvalue weighted by Gasteiger charge is -2.11. The van der Waals surface area contributed by atoms with Gasteiger partial charge in [-0.1, -0.05) is 0 Å². The van der Waals surface area contributed by atoms with E-state index in [1.807, 2.05) is 6.07 Å². The highest BCUT2D eigenvalue weighted by atomic mass is 32.2. The Labute approximate surface area is 129 Å². The first-order chi connectivity index (χ1) is 10.1. The minimum Gasteiger partial charge on any atom is -0.496 e. The molecule has 0 aliphatic rings. The number of hydrogen-bond acceptors (Lipinski definition) is 6. The van der Waals surface area contributed by atoms with E-state index in [4.69, 9.17) is 20.5 Å². The summed E-state index contributed by atoms with van der Waals surface area (Å²) in [5.41, 5.74) is 7.30. The predicted octanol–water partition coefficient (Wildman–Crippen LogP) is 2.08. The topological polar surface area (TPSA) is 85.3 Å². The third-order valence-electron chi connectivity index (χ3n) is 2.83. The van der Waals surface area contributed by atoms with Crippen molar-refractivity contribution in [3.8, 4) is 11.8 Å². The van der Waals surface area contributed by atoms with Gasteiger partial charge in [-0.25, -0.2) is 0 Å². The highest BCUT2D eigenvalue weighted by molar-refractivity contribution is 7.98. The number of rotatable bonds is 8. The van der Waals surface area contributed by atoms with Gasteiger partial charge < -0.3 is 15.2 Å². The lowest BCUT2D eigenvalue weighted by molar-refractivity contribution is -0.144. The number of carbonyl (C=O) groups is 1. The zero-order valence-electron chi connectivity index (χ0n) is 12.3. The van der Waals surface area contributed by atoms with Crippen LogP contribution in [0.4, 0.5) is 0 Å². The van der Waals surface area contributed by atoms with Crippen LogP contribution < -0.4 is 10.5 Å². The van der Waals surface area contributed by atoms with E-state index in [9.17, 15) is 4.79 Å². The maximum absolute atomic E-state index is 11.4. The lowest BCUT2D eigenvalue weighted by Crippen LogP contribution is -2.32. The summed E-state index contributed by atoms with van der Waals surface area (Å²) in [5.74, 6) is 1.84. The van der Waals surface area contributed by atoms with Crippen LogP contribution in [0.3, 0.4) is 0 Å². The molecule has 114 valence electrons. The highest BCUT2D eigenvalue weighted by Crippen LogP contribution is 2.24. The van der Waals surface area contributed by atoms with Crippen LogP contribution in [-0.2, 0) is 15.3 Å². The van der Waals surface area contributed by atoms with E-state index in [0.29, 0.717) is 24.3 Å². The third kappa shape index (κ3) is 5.66. The first-order valence-electron chi connectivity index (χ1n) is 6.69. The van der Waals surface area contributed by atoms with Crippen LogP contribution in [0, 0.1) is 11.3 Å². The minimum absolute atomic E-state index is 0.345. The maximum Gasteiger partial charge on any atom is 0.322 e. The molecule has 6 heteroatoms. The quantitative estimate of drug-likeness (QED) is 0.584. The first-order valence-corrected chi connectivity index (χ1v) is 7.84. The molecule has 0 bridgehead atoms. The van der Waals surface area contributed by atoms with Crippen molar-refractivity contribution in [2.75, 3.05) is 19.5 Å². The summed E-state index contributed by atoms with van der Waals surface area (Å²) in [6.07, 6.45) is 0.559. The van der Waals surface area contributed by atoms with E-state index in [1.54, 1.807) is 37.9 Å². The molecule has 1 rings (SSSR count). The lowest BCUT2D eigenvalue weighted by atomic mass is 10.1. The number of carbonyl (C=O) groups excluding carboxylic acids is 1. The fraction of sp³-hybridized carbons (Fsp3) is 0.467. The molecule has 0 aromatic heterocycles. The normalized spacial score (nSPS) is 11.5. The second-order valence-corrected chi connectivity index (χ2v) is 5.44. The Morgan fingerprint density at radius 1 is 1.52 bits per heavy atom. The van der Waals surface area contributed by atoms with Gasteiger partial charge >= 0.3 is 5.97 Å². The van der Waals surface area contributed by atoms with Crippen LogP contribution in [0.1, 0.15) is 24.5 Å². The summed E-state index contributed by atoms with van der Waals surface area (Å²) in [7, 11) is 1.60. The standard InChI is InChI=1S/C15H20N2O3S/c1-3-20-15(18)13(17)6-7-21-10-12-8-11(9-16)4-5-14(12)19-2/h4-5,8,13H,3,6-7,10,17H2,1-2H3. The molecule has 1 aromatic carbocycles. The van der Waals surface area contributed by atoms with Crippen molar-refractivity contribution in [3.05, 3.63) is 29.3 Å². The van der Waals surface area contributed by atoms with E-state index < -0.39 is 6.04 Å². The second-order valence-electron chi connectivity index (χ2n) is 4.34. The predicted molar refractivity (Wildman–Crippen MR) is 83.1 cm³/mol. The first kappa shape index (κ1) is 17.3. The summed E-state index contributed by atoms with van der Waals surface area (Å²) in [5, 5.41) is 8.92. The van der Waals surface area contributed by atoms with Crippen molar-refractivity contribution < 1.29 is 14.3 Å². The van der Waals surface area contributed by atoms with E-state index in [2.05, 4.69) is 6.07 Å². The summed E-state index contributed by atoms with van der Waals surface area (Å²) >= 11 is 1.64. The molecule has 0 aliphatic carbocycles. The molecule has 2 N–H and O–H groups in total. The van der Waals surface area contributed by atoms with Gasteiger partial charge in [0.15, 0.2) is 0 Å². The molecule has 0 fully saturated rings. The van der Waals surface area contributed by atoms with E-state index in [1.165, 1.54) is 0 Å². The van der Waals surface area contributed by atoms with Crippen LogP contribution in [-0.4, -0.2) is 31.5 Å². The average molecular weight is 308 g/mol. The summed E-state index contributed by atoms with van der Waals surface area (Å²) in [6, 6.07) is 6.86. The Morgan fingerprint density at radius 3 is 2.90 bits per heavy atom. The van der Waals surface area contributed by atoms with Crippen LogP contribution in [0.15, 0.2) is 18.2 Å². The van der Waals surface area contributed by atoms with Gasteiger partial charge in [-0.05, 0) is 37.3 Å². The number of ether oxygens (including phenoxy) is 2. The number of nitrogens with zero attached hydrogens (tertiary/aromatic N) is 1. The molecule has 0 saturated carbocycles. The second kappa shape index (κ2) is 9.27. The average Bonchev–Trinajstić information content (AvgIpc) is 2.51. The fourth-order valence-electron chi connectivity index (χ4n) is 1.72. The summed E-state index contributed by atoms with van der Waals surface area (Å²) in [4.78, 5) is 11.4. The Hall–Kier alpha value is -1.71. The minimum atomic E-state index is -0.579. The molecule has 0 heterocycles. The molecular formula is C15H20N2O3S. The van der Waals surface area contributed by atoms with Crippen LogP contribution in [0.2, 0.25) is 0 Å². The summed E-state index contributed by atoms with van der Waals surface area (Å²) < 4.78 is 10.1. The number of thioether (sulfide) groups is 1. The van der Waals surface area contributed by atoms with Crippen molar-refractivity contribution in [3.63, 3.8) is 0 Å². The number of esters is 1. The number of hydrogen-bond donors (Lipinski definition) is 1. The smallest absolute Gasteiger partial charge is 0.322 e. The Bertz CT molecular complexity index is 514. The SMILES string of the molecule is CCOC(=O)C(N)CCSCc1cc(C#N)ccc1OC. The number of nitriles is 1. The van der Waals surface area contributed by atoms with Gasteiger partial charge in [-0.3, -0.25) is 4.79 Å². The molecule has 0 aliphatic heterocycles. The zero-order valence-corrected chi connectivity index (χ0v) is 13.1. The molecule has 1 atom stereocenters. The van der Waals surface area contributed by atoms with Gasteiger partial charge in [0.25, 0.3) is 0 Å². The van der Waals surface area contributed by atoms with E-state index >= 15 is 0 Å². The molecule has 0 amide bonds. The third-order valence-corrected chi connectivity index (χ3v) is 3.87. The number of benzene rings is 1. The monoisotopic (exact) mass is 308 g/mol. The maximum atomic E-state index is 11.4. The molecule has 0 radical (unpaired) electrons. The van der Waals surface area contributed by atoms with Crippen molar-refractivity contribution >= 4 is 17.7 Å². The molecule has 1 unspecified atom stereocenters. The summed E-state index contributed by atoms with van der Waals surface area (Å²) in [6.45, 7) is 2.10. The van der Waals surface area contributed by atoms with Crippen LogP contribution in [0.5, 0.6) is 5.75 Å². The van der Waals surface area contributed by atoms with E-state index in [0.717, 1.165) is 17.1 Å². The molecule has 0 saturated heterocycles. The van der Waals surface area contributed by atoms with Gasteiger partial charge in [-0.15, -0.1) is 0 Å². The molecule has 1 aromatic rings. The van der Waals surface area contributed by atoms with Crippen molar-refractivity contribution in [1.29, 1.82) is 5.26 Å². The number of nitrogens with two attached hydrogens (primary N) is 1. The van der Waals surface area contributed by atoms with Crippen LogP contribution >= 0.6 is 11.8 Å². The number of methoxy groups -OCH3 is 1. The van der Waals surface area contributed by atoms with Gasteiger partial charge in [0.2, 0.25) is 0 Å². The molecular weight excluding hydrogens is 288 g/mol. The fourth-order valence-corrected chi connectivity index (χ4v) is 2.73. The van der Waals surface area contributed by atoms with Crippen molar-refractivity contribution in [2.45, 2.75) is 25.1 Å². The van der Waals surface area contributed by atoms with Crippen LogP contribution in [0.25, 0.3) is 0 Å². The highest BCUT2D eigenvalue weighted by Gasteiger charge is 2.14.